The number of halogens is 1. The van der Waals surface area contributed by atoms with Gasteiger partial charge in [0.1, 0.15) is 4.90 Å². The first-order valence-corrected chi connectivity index (χ1v) is 6.55. The average molecular weight is 282 g/mol. The summed E-state index contributed by atoms with van der Waals surface area (Å²) < 4.78 is 26.3. The first-order chi connectivity index (χ1) is 6.48. The van der Waals surface area contributed by atoms with Gasteiger partial charge in [0, 0.05) is 32.2 Å². The average Bonchev–Trinajstić information content (AvgIpc) is 2.52. The second-order valence-corrected chi connectivity index (χ2v) is 5.70. The lowest BCUT2D eigenvalue weighted by Crippen LogP contribution is -2.28. The van der Waals surface area contributed by atoms with Crippen molar-refractivity contribution in [1.82, 2.24) is 14.1 Å². The molecular formula is C7H12BrN3O2S. The summed E-state index contributed by atoms with van der Waals surface area (Å²) in [5.41, 5.74) is 0. The molecule has 0 aliphatic heterocycles. The molecular weight excluding hydrogens is 270 g/mol. The van der Waals surface area contributed by atoms with Gasteiger partial charge in [-0.15, -0.1) is 0 Å². The Bertz CT molecular complexity index is 401. The fourth-order valence-electron chi connectivity index (χ4n) is 0.951. The van der Waals surface area contributed by atoms with Crippen LogP contribution in [0.15, 0.2) is 17.3 Å². The van der Waals surface area contributed by atoms with Crippen LogP contribution in [0.5, 0.6) is 0 Å². The third kappa shape index (κ3) is 2.34. The van der Waals surface area contributed by atoms with E-state index >= 15 is 0 Å². The van der Waals surface area contributed by atoms with Gasteiger partial charge in [-0.3, -0.25) is 4.68 Å². The number of aromatic nitrogens is 2. The molecule has 0 radical (unpaired) electrons. The third-order valence-corrected chi connectivity index (χ3v) is 3.95. The monoisotopic (exact) mass is 281 g/mol. The van der Waals surface area contributed by atoms with E-state index in [1.54, 1.807) is 14.1 Å². The van der Waals surface area contributed by atoms with Crippen molar-refractivity contribution in [2.45, 2.75) is 4.90 Å². The van der Waals surface area contributed by atoms with E-state index < -0.39 is 10.0 Å². The molecule has 0 aliphatic rings. The number of aryl methyl sites for hydroxylation is 1. The van der Waals surface area contributed by atoms with Crippen molar-refractivity contribution in [3.05, 3.63) is 12.4 Å². The molecule has 5 nitrogen and oxygen atoms in total. The predicted molar refractivity (Wildman–Crippen MR) is 56.8 cm³/mol. The molecule has 80 valence electrons. The van der Waals surface area contributed by atoms with E-state index in [4.69, 9.17) is 0 Å². The summed E-state index contributed by atoms with van der Waals surface area (Å²) in [5, 5.41) is 4.44. The van der Waals surface area contributed by atoms with E-state index in [9.17, 15) is 8.42 Å². The molecule has 1 rings (SSSR count). The van der Waals surface area contributed by atoms with E-state index in [1.165, 1.54) is 21.4 Å². The Balaban J connectivity index is 2.96. The lowest BCUT2D eigenvalue weighted by atomic mass is 10.7. The quantitative estimate of drug-likeness (QED) is 0.753. The molecule has 0 atom stereocenters. The summed E-state index contributed by atoms with van der Waals surface area (Å²) in [5.74, 6) is 0. The highest BCUT2D eigenvalue weighted by molar-refractivity contribution is 9.09. The molecule has 0 fully saturated rings. The van der Waals surface area contributed by atoms with Crippen LogP contribution in [0.4, 0.5) is 0 Å². The summed E-state index contributed by atoms with van der Waals surface area (Å²) in [6.45, 7) is 0.442. The molecule has 1 aromatic rings. The molecule has 14 heavy (non-hydrogen) atoms. The predicted octanol–water partition coefficient (Wildman–Crippen LogP) is 0.435. The number of nitrogens with zero attached hydrogens (tertiary/aromatic N) is 3. The Kier molecular flexibility index (Phi) is 3.68. The zero-order chi connectivity index (χ0) is 10.8. The van der Waals surface area contributed by atoms with E-state index in [1.807, 2.05) is 0 Å². The van der Waals surface area contributed by atoms with Crippen LogP contribution in [0.25, 0.3) is 0 Å². The zero-order valence-electron chi connectivity index (χ0n) is 8.01. The van der Waals surface area contributed by atoms with E-state index in [0.717, 1.165) is 0 Å². The van der Waals surface area contributed by atoms with Gasteiger partial charge >= 0.3 is 0 Å². The molecule has 0 bridgehead atoms. The standard InChI is InChI=1S/C7H12BrN3O2S/c1-10-6-7(5-9-10)14(12,13)11(2)4-3-8/h5-6H,3-4H2,1-2H3. The second kappa shape index (κ2) is 4.41. The maximum Gasteiger partial charge on any atom is 0.245 e. The minimum atomic E-state index is -3.36. The third-order valence-electron chi connectivity index (χ3n) is 1.79. The molecule has 0 saturated heterocycles. The summed E-state index contributed by atoms with van der Waals surface area (Å²) >= 11 is 3.19. The van der Waals surface area contributed by atoms with E-state index in [2.05, 4.69) is 21.0 Å². The van der Waals surface area contributed by atoms with E-state index in [0.29, 0.717) is 11.9 Å². The maximum absolute atomic E-state index is 11.8. The van der Waals surface area contributed by atoms with Gasteiger partial charge < -0.3 is 0 Å². The van der Waals surface area contributed by atoms with Gasteiger partial charge in [-0.25, -0.2) is 8.42 Å². The summed E-state index contributed by atoms with van der Waals surface area (Å²) in [6.07, 6.45) is 2.83. The number of alkyl halides is 1. The molecule has 1 aromatic heterocycles. The zero-order valence-corrected chi connectivity index (χ0v) is 10.4. The van der Waals surface area contributed by atoms with Crippen molar-refractivity contribution in [2.24, 2.45) is 7.05 Å². The number of hydrogen-bond acceptors (Lipinski definition) is 3. The maximum atomic E-state index is 11.8. The highest BCUT2D eigenvalue weighted by Gasteiger charge is 2.21. The van der Waals surface area contributed by atoms with E-state index in [-0.39, 0.29) is 4.90 Å². The normalized spacial score (nSPS) is 12.3. The smallest absolute Gasteiger partial charge is 0.245 e. The Morgan fingerprint density at radius 3 is 2.71 bits per heavy atom. The molecule has 7 heteroatoms. The minimum Gasteiger partial charge on any atom is -0.274 e. The Morgan fingerprint density at radius 1 is 1.64 bits per heavy atom. The van der Waals surface area contributed by atoms with Gasteiger partial charge in [0.05, 0.1) is 6.20 Å². The minimum absolute atomic E-state index is 0.225. The van der Waals surface area contributed by atoms with Crippen LogP contribution in [0, 0.1) is 0 Å². The van der Waals surface area contributed by atoms with Crippen LogP contribution in [-0.2, 0) is 17.1 Å². The SMILES string of the molecule is CN(CCBr)S(=O)(=O)c1cnn(C)c1. The van der Waals surface area contributed by atoms with Gasteiger partial charge in [-0.05, 0) is 0 Å². The van der Waals surface area contributed by atoms with Crippen molar-refractivity contribution in [3.63, 3.8) is 0 Å². The van der Waals surface area contributed by atoms with Crippen LogP contribution in [0.3, 0.4) is 0 Å². The summed E-state index contributed by atoms with van der Waals surface area (Å²) in [4.78, 5) is 0.225. The second-order valence-electron chi connectivity index (χ2n) is 2.87. The molecule has 0 aliphatic carbocycles. The van der Waals surface area contributed by atoms with Crippen molar-refractivity contribution in [2.75, 3.05) is 18.9 Å². The van der Waals surface area contributed by atoms with Gasteiger partial charge in [0.2, 0.25) is 10.0 Å². The highest BCUT2D eigenvalue weighted by Crippen LogP contribution is 2.12. The van der Waals surface area contributed by atoms with Gasteiger partial charge in [-0.2, -0.15) is 9.40 Å². The van der Waals surface area contributed by atoms with Crippen molar-refractivity contribution in [1.29, 1.82) is 0 Å². The lowest BCUT2D eigenvalue weighted by Gasteiger charge is -2.13. The molecule has 0 aromatic carbocycles. The van der Waals surface area contributed by atoms with Crippen LogP contribution in [0.1, 0.15) is 0 Å². The Hall–Kier alpha value is -0.400. The molecule has 1 heterocycles. The van der Waals surface area contributed by atoms with Crippen LogP contribution < -0.4 is 0 Å². The number of rotatable bonds is 4. The van der Waals surface area contributed by atoms with Gasteiger partial charge in [0.25, 0.3) is 0 Å². The Labute approximate surface area is 91.9 Å². The summed E-state index contributed by atoms with van der Waals surface area (Å²) in [6, 6.07) is 0. The fraction of sp³-hybridized carbons (Fsp3) is 0.571. The first kappa shape index (κ1) is 11.7. The van der Waals surface area contributed by atoms with Crippen molar-refractivity contribution in [3.8, 4) is 0 Å². The lowest BCUT2D eigenvalue weighted by molar-refractivity contribution is 0.489. The molecule has 0 N–H and O–H groups in total. The van der Waals surface area contributed by atoms with Gasteiger partial charge in [0.15, 0.2) is 0 Å². The van der Waals surface area contributed by atoms with Crippen LogP contribution >= 0.6 is 15.9 Å². The van der Waals surface area contributed by atoms with Gasteiger partial charge in [-0.1, -0.05) is 15.9 Å². The summed E-state index contributed by atoms with van der Waals surface area (Å²) in [7, 11) is -0.131. The first-order valence-electron chi connectivity index (χ1n) is 3.99. The topological polar surface area (TPSA) is 55.2 Å². The fourth-order valence-corrected chi connectivity index (χ4v) is 2.88. The van der Waals surface area contributed by atoms with Crippen LogP contribution in [-0.4, -0.2) is 41.4 Å². The van der Waals surface area contributed by atoms with Crippen LogP contribution in [0.2, 0.25) is 0 Å². The molecule has 0 saturated carbocycles. The largest absolute Gasteiger partial charge is 0.274 e. The number of sulfonamides is 1. The molecule has 0 amide bonds. The van der Waals surface area contributed by atoms with Crippen molar-refractivity contribution >= 4 is 26.0 Å². The molecule has 0 unspecified atom stereocenters. The highest BCUT2D eigenvalue weighted by atomic mass is 79.9. The Morgan fingerprint density at radius 2 is 2.29 bits per heavy atom. The number of hydrogen-bond donors (Lipinski definition) is 0. The van der Waals surface area contributed by atoms with Crippen molar-refractivity contribution < 1.29 is 8.42 Å². The molecule has 0 spiro atoms.